The van der Waals surface area contributed by atoms with Crippen LogP contribution in [0.25, 0.3) is 0 Å². The van der Waals surface area contributed by atoms with Crippen LogP contribution in [-0.2, 0) is 0 Å². The number of anilines is 2. The lowest BCUT2D eigenvalue weighted by Crippen LogP contribution is -2.26. The first kappa shape index (κ1) is 13.8. The Morgan fingerprint density at radius 1 is 1.24 bits per heavy atom. The summed E-state index contributed by atoms with van der Waals surface area (Å²) in [6, 6.07) is 10.7. The van der Waals surface area contributed by atoms with E-state index in [0.717, 1.165) is 12.2 Å². The highest BCUT2D eigenvalue weighted by Crippen LogP contribution is 2.27. The van der Waals surface area contributed by atoms with Gasteiger partial charge in [-0.2, -0.15) is 0 Å². The van der Waals surface area contributed by atoms with Crippen LogP contribution in [0.15, 0.2) is 36.4 Å². The van der Waals surface area contributed by atoms with Gasteiger partial charge < -0.3 is 10.6 Å². The summed E-state index contributed by atoms with van der Waals surface area (Å²) in [6.07, 6.45) is 2.41. The Kier molecular flexibility index (Phi) is 4.01. The summed E-state index contributed by atoms with van der Waals surface area (Å²) in [5.74, 6) is 1.03. The van der Waals surface area contributed by atoms with E-state index in [1.165, 1.54) is 12.8 Å². The van der Waals surface area contributed by atoms with E-state index in [1.54, 1.807) is 24.3 Å². The van der Waals surface area contributed by atoms with Crippen molar-refractivity contribution in [3.05, 3.63) is 47.1 Å². The molecule has 0 atom stereocenters. The fraction of sp³-hybridized carbons (Fsp3) is 0.267. The second kappa shape index (κ2) is 6.10. The molecule has 6 heteroatoms. The maximum Gasteiger partial charge on any atom is 0.271 e. The molecule has 1 aromatic carbocycles. The number of benzene rings is 1. The van der Waals surface area contributed by atoms with E-state index >= 15 is 0 Å². The largest absolute Gasteiger partial charge is 0.350 e. The summed E-state index contributed by atoms with van der Waals surface area (Å²) >= 11 is 5.91. The fourth-order valence-electron chi connectivity index (χ4n) is 1.88. The first-order valence-electron chi connectivity index (χ1n) is 6.85. The van der Waals surface area contributed by atoms with E-state index in [0.29, 0.717) is 22.5 Å². The molecule has 1 amide bonds. The summed E-state index contributed by atoms with van der Waals surface area (Å²) < 4.78 is 0. The molecular formula is C15H15ClN4O. The normalized spacial score (nSPS) is 13.8. The molecule has 0 spiro atoms. The van der Waals surface area contributed by atoms with E-state index in [1.807, 2.05) is 12.1 Å². The third-order valence-electron chi connectivity index (χ3n) is 3.24. The number of carbonyl (C=O) groups excluding carboxylic acids is 1. The van der Waals surface area contributed by atoms with Gasteiger partial charge in [0.1, 0.15) is 0 Å². The summed E-state index contributed by atoms with van der Waals surface area (Å²) in [7, 11) is 0. The van der Waals surface area contributed by atoms with Crippen LogP contribution in [-0.4, -0.2) is 22.6 Å². The molecule has 0 saturated heterocycles. The van der Waals surface area contributed by atoms with Gasteiger partial charge in [0.05, 0.1) is 0 Å². The van der Waals surface area contributed by atoms with Gasteiger partial charge in [-0.1, -0.05) is 17.7 Å². The minimum absolute atomic E-state index is 0.177. The minimum Gasteiger partial charge on any atom is -0.350 e. The predicted molar refractivity (Wildman–Crippen MR) is 81.8 cm³/mol. The van der Waals surface area contributed by atoms with E-state index in [4.69, 9.17) is 11.6 Å². The lowest BCUT2D eigenvalue weighted by Gasteiger charge is -2.06. The highest BCUT2D eigenvalue weighted by Gasteiger charge is 2.22. The molecule has 1 aliphatic carbocycles. The summed E-state index contributed by atoms with van der Waals surface area (Å²) in [4.78, 5) is 11.8. The molecule has 0 aliphatic heterocycles. The lowest BCUT2D eigenvalue weighted by atomic mass is 10.3. The van der Waals surface area contributed by atoms with Crippen LogP contribution in [0.3, 0.4) is 0 Å². The predicted octanol–water partition coefficient (Wildman–Crippen LogP) is 3.01. The number of hydrogen-bond donors (Lipinski definition) is 2. The van der Waals surface area contributed by atoms with Gasteiger partial charge in [0.2, 0.25) is 0 Å². The van der Waals surface area contributed by atoms with Crippen molar-refractivity contribution in [2.75, 3.05) is 11.9 Å². The van der Waals surface area contributed by atoms with Crippen LogP contribution in [0, 0.1) is 5.92 Å². The van der Waals surface area contributed by atoms with E-state index in [-0.39, 0.29) is 5.91 Å². The Balaban J connectivity index is 1.61. The second-order valence-electron chi connectivity index (χ2n) is 5.09. The minimum atomic E-state index is -0.177. The smallest absolute Gasteiger partial charge is 0.271 e. The molecule has 1 aromatic heterocycles. The first-order valence-corrected chi connectivity index (χ1v) is 7.23. The number of carbonyl (C=O) groups is 1. The zero-order valence-electron chi connectivity index (χ0n) is 11.3. The summed E-state index contributed by atoms with van der Waals surface area (Å²) in [6.45, 7) is 0.725. The van der Waals surface area contributed by atoms with Gasteiger partial charge in [0.25, 0.3) is 5.91 Å². The fourth-order valence-corrected chi connectivity index (χ4v) is 2.07. The molecule has 2 aromatic rings. The molecule has 1 aliphatic rings. The van der Waals surface area contributed by atoms with Gasteiger partial charge in [-0.15, -0.1) is 10.2 Å². The third kappa shape index (κ3) is 3.92. The van der Waals surface area contributed by atoms with Crippen molar-refractivity contribution in [2.24, 2.45) is 5.92 Å². The molecule has 108 valence electrons. The zero-order chi connectivity index (χ0) is 14.7. The lowest BCUT2D eigenvalue weighted by molar-refractivity contribution is 0.0946. The highest BCUT2D eigenvalue weighted by atomic mass is 35.5. The van der Waals surface area contributed by atoms with Crippen molar-refractivity contribution in [1.29, 1.82) is 0 Å². The number of aromatic nitrogens is 2. The SMILES string of the molecule is O=C(NCC1CC1)c1ccc(Nc2cccc(Cl)c2)nn1. The maximum absolute atomic E-state index is 11.8. The maximum atomic E-state index is 11.8. The first-order chi connectivity index (χ1) is 10.2. The summed E-state index contributed by atoms with van der Waals surface area (Å²) in [5, 5.41) is 14.5. The molecule has 2 N–H and O–H groups in total. The van der Waals surface area contributed by atoms with Crippen LogP contribution in [0.5, 0.6) is 0 Å². The topological polar surface area (TPSA) is 66.9 Å². The van der Waals surface area contributed by atoms with E-state index in [2.05, 4.69) is 20.8 Å². The number of halogens is 1. The number of nitrogens with zero attached hydrogens (tertiary/aromatic N) is 2. The Hall–Kier alpha value is -2.14. The van der Waals surface area contributed by atoms with Crippen LogP contribution < -0.4 is 10.6 Å². The van der Waals surface area contributed by atoms with Crippen molar-refractivity contribution in [3.8, 4) is 0 Å². The second-order valence-corrected chi connectivity index (χ2v) is 5.53. The average molecular weight is 303 g/mol. The van der Waals surface area contributed by atoms with Gasteiger partial charge in [-0.25, -0.2) is 0 Å². The van der Waals surface area contributed by atoms with Crippen molar-refractivity contribution in [2.45, 2.75) is 12.8 Å². The summed E-state index contributed by atoms with van der Waals surface area (Å²) in [5.41, 5.74) is 1.15. The van der Waals surface area contributed by atoms with Crippen LogP contribution in [0.1, 0.15) is 23.3 Å². The molecule has 21 heavy (non-hydrogen) atoms. The molecular weight excluding hydrogens is 288 g/mol. The van der Waals surface area contributed by atoms with Gasteiger partial charge in [-0.3, -0.25) is 4.79 Å². The number of nitrogens with one attached hydrogen (secondary N) is 2. The van der Waals surface area contributed by atoms with Crippen molar-refractivity contribution in [3.63, 3.8) is 0 Å². The molecule has 0 bridgehead atoms. The van der Waals surface area contributed by atoms with Crippen LogP contribution in [0.4, 0.5) is 11.5 Å². The van der Waals surface area contributed by atoms with Gasteiger partial charge in [0.15, 0.2) is 11.5 Å². The number of rotatable bonds is 5. The Bertz CT molecular complexity index is 640. The van der Waals surface area contributed by atoms with Gasteiger partial charge in [-0.05, 0) is 49.1 Å². The number of hydrogen-bond acceptors (Lipinski definition) is 4. The van der Waals surface area contributed by atoms with E-state index in [9.17, 15) is 4.79 Å². The average Bonchev–Trinajstić information content (AvgIpc) is 3.30. The number of amides is 1. The molecule has 0 unspecified atom stereocenters. The third-order valence-corrected chi connectivity index (χ3v) is 3.48. The van der Waals surface area contributed by atoms with Gasteiger partial charge >= 0.3 is 0 Å². The van der Waals surface area contributed by atoms with Crippen LogP contribution in [0.2, 0.25) is 5.02 Å². The van der Waals surface area contributed by atoms with Crippen molar-refractivity contribution >= 4 is 29.0 Å². The molecule has 0 radical (unpaired) electrons. The van der Waals surface area contributed by atoms with E-state index < -0.39 is 0 Å². The van der Waals surface area contributed by atoms with Gasteiger partial charge in [0, 0.05) is 17.3 Å². The van der Waals surface area contributed by atoms with Crippen molar-refractivity contribution < 1.29 is 4.79 Å². The monoisotopic (exact) mass is 302 g/mol. The molecule has 1 fully saturated rings. The van der Waals surface area contributed by atoms with Crippen LogP contribution >= 0.6 is 11.6 Å². The zero-order valence-corrected chi connectivity index (χ0v) is 12.1. The molecule has 3 rings (SSSR count). The standard InChI is InChI=1S/C15H15ClN4O/c16-11-2-1-3-12(8-11)18-14-7-6-13(19-20-14)15(21)17-9-10-4-5-10/h1-3,6-8,10H,4-5,9H2,(H,17,21)(H,18,20). The molecule has 1 heterocycles. The Morgan fingerprint density at radius 2 is 2.10 bits per heavy atom. The van der Waals surface area contributed by atoms with Crippen molar-refractivity contribution in [1.82, 2.24) is 15.5 Å². The molecule has 1 saturated carbocycles. The Morgan fingerprint density at radius 3 is 2.76 bits per heavy atom. The molecule has 5 nitrogen and oxygen atoms in total. The Labute approximate surface area is 127 Å². The highest BCUT2D eigenvalue weighted by molar-refractivity contribution is 6.30. The quantitative estimate of drug-likeness (QED) is 0.891.